The second kappa shape index (κ2) is 6.63. The molecule has 0 aliphatic carbocycles. The number of nitrogens with two attached hydrogens (primary N) is 1. The first-order valence-corrected chi connectivity index (χ1v) is 8.84. The Morgan fingerprint density at radius 2 is 2.00 bits per heavy atom. The fourth-order valence-electron chi connectivity index (χ4n) is 3.57. The van der Waals surface area contributed by atoms with Gasteiger partial charge in [-0.25, -0.2) is 0 Å². The fraction of sp³-hybridized carbons (Fsp3) is 0.632. The van der Waals surface area contributed by atoms with E-state index in [9.17, 15) is 4.79 Å². The van der Waals surface area contributed by atoms with Gasteiger partial charge in [0.25, 0.3) is 0 Å². The Balaban J connectivity index is 1.80. The van der Waals surface area contributed by atoms with Crippen molar-refractivity contribution in [2.24, 2.45) is 11.7 Å². The summed E-state index contributed by atoms with van der Waals surface area (Å²) in [6, 6.07) is 5.94. The molecule has 5 nitrogen and oxygen atoms in total. The average molecular weight is 332 g/mol. The molecule has 1 aromatic rings. The summed E-state index contributed by atoms with van der Waals surface area (Å²) < 4.78 is 11.2. The van der Waals surface area contributed by atoms with E-state index in [-0.39, 0.29) is 11.9 Å². The maximum absolute atomic E-state index is 13.2. The number of nitrogens with zero attached hydrogens (tertiary/aromatic N) is 1. The van der Waals surface area contributed by atoms with Gasteiger partial charge in [-0.05, 0) is 57.2 Å². The number of rotatable bonds is 3. The topological polar surface area (TPSA) is 64.8 Å². The van der Waals surface area contributed by atoms with Gasteiger partial charge < -0.3 is 20.1 Å². The maximum atomic E-state index is 13.2. The molecular weight excluding hydrogens is 304 g/mol. The molecule has 0 spiro atoms. The summed E-state index contributed by atoms with van der Waals surface area (Å²) in [7, 11) is 0. The first-order valence-electron chi connectivity index (χ1n) is 8.84. The summed E-state index contributed by atoms with van der Waals surface area (Å²) >= 11 is 0. The summed E-state index contributed by atoms with van der Waals surface area (Å²) in [5.41, 5.74) is 6.41. The van der Waals surface area contributed by atoms with E-state index >= 15 is 0 Å². The zero-order chi connectivity index (χ0) is 17.3. The molecular formula is C19H28N2O3. The molecule has 0 bridgehead atoms. The van der Waals surface area contributed by atoms with Crippen LogP contribution in [0.2, 0.25) is 0 Å². The largest absolute Gasteiger partial charge is 0.486 e. The number of fused-ring (bicyclic) bond motifs is 1. The Kier molecular flexibility index (Phi) is 4.72. The molecule has 1 aromatic carbocycles. The normalized spacial score (nSPS) is 22.2. The van der Waals surface area contributed by atoms with Gasteiger partial charge >= 0.3 is 0 Å². The van der Waals surface area contributed by atoms with Crippen molar-refractivity contribution < 1.29 is 14.3 Å². The smallest absolute Gasteiger partial charge is 0.232 e. The molecule has 2 aliphatic rings. The quantitative estimate of drug-likeness (QED) is 0.922. The molecule has 2 atom stereocenters. The van der Waals surface area contributed by atoms with Crippen LogP contribution in [0.1, 0.15) is 39.2 Å². The van der Waals surface area contributed by atoms with Crippen molar-refractivity contribution in [2.75, 3.05) is 26.3 Å². The third kappa shape index (κ3) is 3.22. The standard InChI is InChI=1S/C19H28N2O3/c1-13(20)14-5-4-8-21(12-14)18(22)19(2,3)15-6-7-16-17(11-15)24-10-9-23-16/h6-7,11,13-14H,4-5,8-10,12,20H2,1-3H3. The molecule has 3 rings (SSSR count). The molecule has 1 fully saturated rings. The number of hydrogen-bond acceptors (Lipinski definition) is 4. The molecule has 2 aliphatic heterocycles. The van der Waals surface area contributed by atoms with Crippen molar-refractivity contribution in [1.82, 2.24) is 4.90 Å². The van der Waals surface area contributed by atoms with E-state index in [1.54, 1.807) is 0 Å². The van der Waals surface area contributed by atoms with E-state index in [2.05, 4.69) is 0 Å². The highest BCUT2D eigenvalue weighted by molar-refractivity contribution is 5.87. The van der Waals surface area contributed by atoms with Crippen LogP contribution >= 0.6 is 0 Å². The van der Waals surface area contributed by atoms with Crippen molar-refractivity contribution in [3.63, 3.8) is 0 Å². The van der Waals surface area contributed by atoms with Gasteiger partial charge in [0.1, 0.15) is 13.2 Å². The van der Waals surface area contributed by atoms with Gasteiger partial charge in [-0.3, -0.25) is 4.79 Å². The fourth-order valence-corrected chi connectivity index (χ4v) is 3.57. The van der Waals surface area contributed by atoms with Crippen molar-refractivity contribution in [3.8, 4) is 11.5 Å². The first-order chi connectivity index (χ1) is 11.4. The van der Waals surface area contributed by atoms with E-state index in [4.69, 9.17) is 15.2 Å². The SMILES string of the molecule is CC(N)C1CCCN(C(=O)C(C)(C)c2ccc3c(c2)OCCO3)C1. The molecule has 1 amide bonds. The highest BCUT2D eigenvalue weighted by atomic mass is 16.6. The summed E-state index contributed by atoms with van der Waals surface area (Å²) in [5.74, 6) is 2.03. The van der Waals surface area contributed by atoms with Gasteiger partial charge in [0.05, 0.1) is 5.41 Å². The lowest BCUT2D eigenvalue weighted by molar-refractivity contribution is -0.138. The second-order valence-electron chi connectivity index (χ2n) is 7.50. The van der Waals surface area contributed by atoms with Crippen LogP contribution in [0.4, 0.5) is 0 Å². The predicted molar refractivity (Wildman–Crippen MR) is 93.4 cm³/mol. The average Bonchev–Trinajstić information content (AvgIpc) is 2.60. The van der Waals surface area contributed by atoms with E-state index < -0.39 is 5.41 Å². The minimum atomic E-state index is -0.602. The summed E-state index contributed by atoms with van der Waals surface area (Å²) in [6.07, 6.45) is 2.13. The second-order valence-corrected chi connectivity index (χ2v) is 7.50. The number of amides is 1. The number of benzene rings is 1. The summed E-state index contributed by atoms with van der Waals surface area (Å²) in [4.78, 5) is 15.2. The van der Waals surface area contributed by atoms with Gasteiger partial charge in [0, 0.05) is 19.1 Å². The minimum Gasteiger partial charge on any atom is -0.486 e. The predicted octanol–water partition coefficient (Wildman–Crippen LogP) is 2.32. The lowest BCUT2D eigenvalue weighted by Gasteiger charge is -2.39. The van der Waals surface area contributed by atoms with Crippen molar-refractivity contribution in [3.05, 3.63) is 23.8 Å². The third-order valence-corrected chi connectivity index (χ3v) is 5.29. The molecule has 5 heteroatoms. The van der Waals surface area contributed by atoms with Crippen molar-refractivity contribution in [2.45, 2.75) is 45.1 Å². The molecule has 0 radical (unpaired) electrons. The number of carbonyl (C=O) groups excluding carboxylic acids is 1. The lowest BCUT2D eigenvalue weighted by Crippen LogP contribution is -2.50. The molecule has 1 saturated heterocycles. The number of likely N-dealkylation sites (tertiary alicyclic amines) is 1. The molecule has 2 unspecified atom stereocenters. The summed E-state index contributed by atoms with van der Waals surface area (Å²) in [6.45, 7) is 8.69. The van der Waals surface area contributed by atoms with Crippen LogP contribution in [0.25, 0.3) is 0 Å². The van der Waals surface area contributed by atoms with Gasteiger partial charge in [0.15, 0.2) is 11.5 Å². The van der Waals surface area contributed by atoms with Crippen LogP contribution in [-0.4, -0.2) is 43.2 Å². The molecule has 0 aromatic heterocycles. The molecule has 24 heavy (non-hydrogen) atoms. The third-order valence-electron chi connectivity index (χ3n) is 5.29. The zero-order valence-electron chi connectivity index (χ0n) is 14.9. The van der Waals surface area contributed by atoms with Crippen LogP contribution in [-0.2, 0) is 10.2 Å². The Morgan fingerprint density at radius 3 is 2.71 bits per heavy atom. The molecule has 132 valence electrons. The minimum absolute atomic E-state index is 0.123. The molecule has 2 N–H and O–H groups in total. The highest BCUT2D eigenvalue weighted by Gasteiger charge is 2.37. The van der Waals surface area contributed by atoms with Crippen LogP contribution < -0.4 is 15.2 Å². The van der Waals surface area contributed by atoms with E-state index in [0.717, 1.165) is 43.0 Å². The van der Waals surface area contributed by atoms with E-state index in [0.29, 0.717) is 19.1 Å². The van der Waals surface area contributed by atoms with Crippen LogP contribution in [0.15, 0.2) is 18.2 Å². The number of ether oxygens (including phenoxy) is 2. The van der Waals surface area contributed by atoms with Crippen molar-refractivity contribution in [1.29, 1.82) is 0 Å². The first kappa shape index (κ1) is 17.1. The van der Waals surface area contributed by atoms with Gasteiger partial charge in [-0.15, -0.1) is 0 Å². The van der Waals surface area contributed by atoms with E-state index in [1.165, 1.54) is 0 Å². The van der Waals surface area contributed by atoms with Gasteiger partial charge in [-0.2, -0.15) is 0 Å². The van der Waals surface area contributed by atoms with Crippen molar-refractivity contribution >= 4 is 5.91 Å². The number of piperidine rings is 1. The maximum Gasteiger partial charge on any atom is 0.232 e. The molecule has 0 saturated carbocycles. The summed E-state index contributed by atoms with van der Waals surface area (Å²) in [5, 5.41) is 0. The van der Waals surface area contributed by atoms with Gasteiger partial charge in [0.2, 0.25) is 5.91 Å². The monoisotopic (exact) mass is 332 g/mol. The highest BCUT2D eigenvalue weighted by Crippen LogP contribution is 2.36. The van der Waals surface area contributed by atoms with Crippen LogP contribution in [0.5, 0.6) is 11.5 Å². The Labute approximate surface area is 144 Å². The van der Waals surface area contributed by atoms with Gasteiger partial charge in [-0.1, -0.05) is 6.07 Å². The van der Waals surface area contributed by atoms with E-state index in [1.807, 2.05) is 43.9 Å². The number of hydrogen-bond donors (Lipinski definition) is 1. The van der Waals surface area contributed by atoms with Crippen LogP contribution in [0.3, 0.4) is 0 Å². The Morgan fingerprint density at radius 1 is 1.29 bits per heavy atom. The zero-order valence-corrected chi connectivity index (χ0v) is 14.9. The molecule has 2 heterocycles. The lowest BCUT2D eigenvalue weighted by atomic mass is 9.81. The Bertz CT molecular complexity index is 613. The number of carbonyl (C=O) groups is 1. The van der Waals surface area contributed by atoms with Crippen LogP contribution in [0, 0.1) is 5.92 Å². The Hall–Kier alpha value is -1.75.